The topological polar surface area (TPSA) is 84.9 Å². The molecule has 9 heteroatoms. The second kappa shape index (κ2) is 11.0. The predicted molar refractivity (Wildman–Crippen MR) is 139 cm³/mol. The highest BCUT2D eigenvalue weighted by Gasteiger charge is 2.29. The Morgan fingerprint density at radius 2 is 1.66 bits per heavy atom. The molecule has 1 N–H and O–H groups in total. The molecule has 3 aromatic carbocycles. The quantitative estimate of drug-likeness (QED) is 0.399. The van der Waals surface area contributed by atoms with E-state index < -0.39 is 22.5 Å². The van der Waals surface area contributed by atoms with Gasteiger partial charge in [-0.1, -0.05) is 43.6 Å². The van der Waals surface area contributed by atoms with E-state index >= 15 is 0 Å². The highest BCUT2D eigenvalue weighted by molar-refractivity contribution is 7.92. The van der Waals surface area contributed by atoms with E-state index in [4.69, 9.17) is 21.1 Å². The predicted octanol–water partition coefficient (Wildman–Crippen LogP) is 5.62. The molecule has 0 bridgehead atoms. The van der Waals surface area contributed by atoms with Crippen LogP contribution in [0.2, 0.25) is 5.02 Å². The lowest BCUT2D eigenvalue weighted by atomic mass is 9.98. The second-order valence-corrected chi connectivity index (χ2v) is 10.5. The molecule has 0 atom stereocenters. The van der Waals surface area contributed by atoms with Gasteiger partial charge < -0.3 is 14.8 Å². The van der Waals surface area contributed by atoms with E-state index in [0.717, 1.165) is 15.4 Å². The summed E-state index contributed by atoms with van der Waals surface area (Å²) in [5.74, 6) is 0.354. The minimum Gasteiger partial charge on any atom is -0.493 e. The molecule has 3 aromatic rings. The number of carbonyl (C=O) groups excluding carboxylic acids is 1. The van der Waals surface area contributed by atoms with Crippen LogP contribution in [0.5, 0.6) is 11.5 Å². The van der Waals surface area contributed by atoms with Crippen LogP contribution in [0.1, 0.15) is 30.9 Å². The first-order valence-corrected chi connectivity index (χ1v) is 12.8. The van der Waals surface area contributed by atoms with Gasteiger partial charge in [0.15, 0.2) is 11.5 Å². The van der Waals surface area contributed by atoms with Gasteiger partial charge in [0.05, 0.1) is 24.8 Å². The van der Waals surface area contributed by atoms with E-state index in [9.17, 15) is 13.2 Å². The van der Waals surface area contributed by atoms with Gasteiger partial charge in [-0.05, 0) is 60.4 Å². The summed E-state index contributed by atoms with van der Waals surface area (Å²) in [5, 5.41) is 3.37. The standard InChI is InChI=1S/C26H29ClN2O5S/c1-17(2)22-8-6-7-18(3)26(22)28-25(30)16-29(20-11-9-19(27)10-12-20)35(31,32)21-13-14-23(33-4)24(15-21)34-5/h6-15,17H,16H2,1-5H3,(H,28,30). The van der Waals surface area contributed by atoms with Crippen LogP contribution in [0.4, 0.5) is 11.4 Å². The summed E-state index contributed by atoms with van der Waals surface area (Å²) in [6.45, 7) is 5.53. The molecule has 0 aliphatic heterocycles. The molecule has 0 aliphatic carbocycles. The number of nitrogens with one attached hydrogen (secondary N) is 1. The average Bonchev–Trinajstić information content (AvgIpc) is 2.83. The fourth-order valence-corrected chi connectivity index (χ4v) is 5.24. The van der Waals surface area contributed by atoms with Gasteiger partial charge in [-0.25, -0.2) is 8.42 Å². The van der Waals surface area contributed by atoms with Crippen molar-refractivity contribution in [2.24, 2.45) is 0 Å². The molecule has 7 nitrogen and oxygen atoms in total. The first kappa shape index (κ1) is 26.4. The van der Waals surface area contributed by atoms with Crippen molar-refractivity contribution < 1.29 is 22.7 Å². The maximum absolute atomic E-state index is 13.7. The Morgan fingerprint density at radius 1 is 1.00 bits per heavy atom. The summed E-state index contributed by atoms with van der Waals surface area (Å²) in [4.78, 5) is 13.2. The number of aryl methyl sites for hydroxylation is 1. The number of nitrogens with zero attached hydrogens (tertiary/aromatic N) is 1. The van der Waals surface area contributed by atoms with Crippen molar-refractivity contribution in [1.82, 2.24) is 0 Å². The first-order valence-electron chi connectivity index (χ1n) is 11.0. The Hall–Kier alpha value is -3.23. The van der Waals surface area contributed by atoms with E-state index in [-0.39, 0.29) is 16.6 Å². The van der Waals surface area contributed by atoms with Gasteiger partial charge in [0.1, 0.15) is 6.54 Å². The van der Waals surface area contributed by atoms with Crippen LogP contribution in [-0.2, 0) is 14.8 Å². The number of para-hydroxylation sites is 1. The SMILES string of the molecule is COc1ccc(S(=O)(=O)N(CC(=O)Nc2c(C)cccc2C(C)C)c2ccc(Cl)cc2)cc1OC. The molecular formula is C26H29ClN2O5S. The van der Waals surface area contributed by atoms with Gasteiger partial charge in [0.2, 0.25) is 5.91 Å². The normalized spacial score (nSPS) is 11.3. The summed E-state index contributed by atoms with van der Waals surface area (Å²) in [7, 11) is -1.27. The van der Waals surface area contributed by atoms with Crippen molar-refractivity contribution in [3.05, 3.63) is 76.8 Å². The van der Waals surface area contributed by atoms with Crippen LogP contribution in [0, 0.1) is 6.92 Å². The fourth-order valence-electron chi connectivity index (χ4n) is 3.68. The molecule has 1 amide bonds. The Morgan fingerprint density at radius 3 is 2.26 bits per heavy atom. The van der Waals surface area contributed by atoms with Gasteiger partial charge in [-0.15, -0.1) is 0 Å². The van der Waals surface area contributed by atoms with E-state index in [1.807, 2.05) is 39.0 Å². The lowest BCUT2D eigenvalue weighted by Gasteiger charge is -2.25. The van der Waals surface area contributed by atoms with E-state index in [1.54, 1.807) is 24.3 Å². The Bertz CT molecular complexity index is 1310. The number of sulfonamides is 1. The van der Waals surface area contributed by atoms with Crippen molar-refractivity contribution >= 4 is 38.9 Å². The summed E-state index contributed by atoms with van der Waals surface area (Å²) in [5.41, 5.74) is 2.85. The Kier molecular flexibility index (Phi) is 8.30. The largest absolute Gasteiger partial charge is 0.493 e. The van der Waals surface area contributed by atoms with Crippen LogP contribution in [0.15, 0.2) is 65.6 Å². The van der Waals surface area contributed by atoms with E-state index in [0.29, 0.717) is 22.1 Å². The van der Waals surface area contributed by atoms with E-state index in [2.05, 4.69) is 5.32 Å². The number of carbonyl (C=O) groups is 1. The molecule has 0 aliphatic rings. The number of benzene rings is 3. The van der Waals surface area contributed by atoms with Crippen molar-refractivity contribution in [3.8, 4) is 11.5 Å². The molecule has 0 unspecified atom stereocenters. The summed E-state index contributed by atoms with van der Waals surface area (Å²) < 4.78 is 39.0. The number of ether oxygens (including phenoxy) is 2. The molecule has 0 fully saturated rings. The summed E-state index contributed by atoms with van der Waals surface area (Å²) in [6.07, 6.45) is 0. The van der Waals surface area contributed by atoms with Gasteiger partial charge in [-0.2, -0.15) is 0 Å². The fraction of sp³-hybridized carbons (Fsp3) is 0.269. The number of methoxy groups -OCH3 is 2. The summed E-state index contributed by atoms with van der Waals surface area (Å²) in [6, 6.07) is 16.3. The number of anilines is 2. The molecule has 0 saturated carbocycles. The van der Waals surface area contributed by atoms with Crippen molar-refractivity contribution in [1.29, 1.82) is 0 Å². The number of amides is 1. The Labute approximate surface area is 211 Å². The minimum absolute atomic E-state index is 0.0448. The van der Waals surface area contributed by atoms with Crippen molar-refractivity contribution in [2.45, 2.75) is 31.6 Å². The number of halogens is 1. The van der Waals surface area contributed by atoms with Gasteiger partial charge in [-0.3, -0.25) is 9.10 Å². The zero-order valence-corrected chi connectivity index (χ0v) is 21.9. The molecule has 3 rings (SSSR count). The van der Waals surface area contributed by atoms with Crippen LogP contribution < -0.4 is 19.1 Å². The number of rotatable bonds is 9. The lowest BCUT2D eigenvalue weighted by molar-refractivity contribution is -0.114. The third-order valence-corrected chi connectivity index (χ3v) is 7.56. The molecule has 35 heavy (non-hydrogen) atoms. The highest BCUT2D eigenvalue weighted by Crippen LogP contribution is 2.33. The van der Waals surface area contributed by atoms with Gasteiger partial charge >= 0.3 is 0 Å². The molecule has 0 radical (unpaired) electrons. The molecule has 0 saturated heterocycles. The summed E-state index contributed by atoms with van der Waals surface area (Å²) >= 11 is 6.02. The van der Waals surface area contributed by atoms with Gasteiger partial charge in [0, 0.05) is 16.8 Å². The maximum Gasteiger partial charge on any atom is 0.264 e. The minimum atomic E-state index is -4.15. The van der Waals surface area contributed by atoms with Crippen LogP contribution in [0.3, 0.4) is 0 Å². The maximum atomic E-state index is 13.7. The molecule has 0 heterocycles. The molecule has 0 spiro atoms. The zero-order chi connectivity index (χ0) is 25.8. The van der Waals surface area contributed by atoms with E-state index in [1.165, 1.54) is 32.4 Å². The van der Waals surface area contributed by atoms with Crippen LogP contribution in [-0.4, -0.2) is 35.1 Å². The van der Waals surface area contributed by atoms with Crippen LogP contribution in [0.25, 0.3) is 0 Å². The second-order valence-electron chi connectivity index (χ2n) is 8.25. The van der Waals surface area contributed by atoms with Crippen molar-refractivity contribution in [3.63, 3.8) is 0 Å². The molecule has 186 valence electrons. The Balaban J connectivity index is 2.02. The third-order valence-electron chi connectivity index (χ3n) is 5.54. The molecule has 0 aromatic heterocycles. The smallest absolute Gasteiger partial charge is 0.264 e. The zero-order valence-electron chi connectivity index (χ0n) is 20.3. The van der Waals surface area contributed by atoms with Crippen molar-refractivity contribution in [2.75, 3.05) is 30.4 Å². The van der Waals surface area contributed by atoms with Crippen LogP contribution >= 0.6 is 11.6 Å². The highest BCUT2D eigenvalue weighted by atomic mass is 35.5. The molecular weight excluding hydrogens is 488 g/mol. The third kappa shape index (κ3) is 5.89. The number of hydrogen-bond donors (Lipinski definition) is 1. The first-order chi connectivity index (χ1) is 16.6. The van der Waals surface area contributed by atoms with Gasteiger partial charge in [0.25, 0.3) is 10.0 Å². The lowest BCUT2D eigenvalue weighted by Crippen LogP contribution is -2.38. The average molecular weight is 517 g/mol. The monoisotopic (exact) mass is 516 g/mol. The number of hydrogen-bond acceptors (Lipinski definition) is 5.